The van der Waals surface area contributed by atoms with E-state index in [2.05, 4.69) is 30.2 Å². The number of nitrogens with one attached hydrogen (secondary N) is 1. The summed E-state index contributed by atoms with van der Waals surface area (Å²) in [5.41, 5.74) is 2.05. The largest absolute Gasteiger partial charge is 0.348 e. The zero-order chi connectivity index (χ0) is 17.6. The number of nitrogens with zero attached hydrogens (tertiary/aromatic N) is 1. The Labute approximate surface area is 156 Å². The number of pyridine rings is 1. The molecular weight excluding hydrogens is 352 g/mol. The highest BCUT2D eigenvalue weighted by atomic mass is 35.5. The molecule has 5 heteroatoms. The smallest absolute Gasteiger partial charge is 0.261 e. The van der Waals surface area contributed by atoms with Crippen molar-refractivity contribution in [2.45, 2.75) is 45.6 Å². The Morgan fingerprint density at radius 3 is 2.84 bits per heavy atom. The molecule has 1 aliphatic carbocycles. The van der Waals surface area contributed by atoms with E-state index >= 15 is 0 Å². The number of carbonyl (C=O) groups excluding carboxylic acids is 1. The van der Waals surface area contributed by atoms with Gasteiger partial charge in [-0.1, -0.05) is 43.0 Å². The number of thiophene rings is 1. The summed E-state index contributed by atoms with van der Waals surface area (Å²) in [6, 6.07) is 8.30. The number of fused-ring (bicyclic) bond motifs is 3. The molecule has 3 nitrogen and oxygen atoms in total. The van der Waals surface area contributed by atoms with Crippen molar-refractivity contribution < 1.29 is 4.79 Å². The van der Waals surface area contributed by atoms with Gasteiger partial charge < -0.3 is 5.32 Å². The summed E-state index contributed by atoms with van der Waals surface area (Å²) in [7, 11) is 0. The van der Waals surface area contributed by atoms with Crippen LogP contribution in [0.25, 0.3) is 21.0 Å². The third kappa shape index (κ3) is 3.13. The number of benzene rings is 1. The standard InChI is InChI=1S/C20H21ClN2OS/c1-11-7-8-16-13(9-11)18-14(19(21)22-16)10-17(25-18)20(24)23-15-6-4-3-5-12(15)2/h7-10,12,15H,3-6H2,1-2H3,(H,23,24)/t12-,15+/m1/s1. The topological polar surface area (TPSA) is 42.0 Å². The highest BCUT2D eigenvalue weighted by molar-refractivity contribution is 7.21. The van der Waals surface area contributed by atoms with Crippen molar-refractivity contribution in [1.29, 1.82) is 0 Å². The molecule has 0 unspecified atom stereocenters. The van der Waals surface area contributed by atoms with Crippen LogP contribution in [-0.4, -0.2) is 16.9 Å². The van der Waals surface area contributed by atoms with Crippen LogP contribution in [0.3, 0.4) is 0 Å². The Hall–Kier alpha value is -1.65. The number of aryl methyl sites for hydroxylation is 1. The summed E-state index contributed by atoms with van der Waals surface area (Å²) in [5, 5.41) is 5.63. The molecule has 2 atom stereocenters. The van der Waals surface area contributed by atoms with Gasteiger partial charge in [-0.15, -0.1) is 11.3 Å². The molecule has 3 aromatic rings. The van der Waals surface area contributed by atoms with E-state index in [1.807, 2.05) is 18.2 Å². The molecule has 1 N–H and O–H groups in total. The van der Waals surface area contributed by atoms with Gasteiger partial charge in [0.25, 0.3) is 5.91 Å². The normalized spacial score (nSPS) is 20.9. The quantitative estimate of drug-likeness (QED) is 0.584. The van der Waals surface area contributed by atoms with Crippen LogP contribution < -0.4 is 5.32 Å². The second kappa shape index (κ2) is 6.58. The second-order valence-corrected chi connectivity index (χ2v) is 8.53. The molecule has 2 aromatic heterocycles. The van der Waals surface area contributed by atoms with Crippen LogP contribution in [-0.2, 0) is 0 Å². The van der Waals surface area contributed by atoms with Crippen LogP contribution in [0.5, 0.6) is 0 Å². The van der Waals surface area contributed by atoms with Gasteiger partial charge in [0.15, 0.2) is 0 Å². The zero-order valence-corrected chi connectivity index (χ0v) is 16.0. The van der Waals surface area contributed by atoms with Crippen molar-refractivity contribution in [3.63, 3.8) is 0 Å². The minimum Gasteiger partial charge on any atom is -0.348 e. The fourth-order valence-electron chi connectivity index (χ4n) is 3.72. The van der Waals surface area contributed by atoms with Crippen molar-refractivity contribution in [3.8, 4) is 0 Å². The maximum absolute atomic E-state index is 12.8. The van der Waals surface area contributed by atoms with E-state index in [0.29, 0.717) is 15.9 Å². The molecule has 0 saturated heterocycles. The number of amides is 1. The molecule has 1 aliphatic rings. The first-order chi connectivity index (χ1) is 12.0. The SMILES string of the molecule is Cc1ccc2nc(Cl)c3cc(C(=O)N[C@H]4CCCC[C@H]4C)sc3c2c1. The van der Waals surface area contributed by atoms with Crippen molar-refractivity contribution in [2.75, 3.05) is 0 Å². The van der Waals surface area contributed by atoms with E-state index in [9.17, 15) is 4.79 Å². The average Bonchev–Trinajstić information content (AvgIpc) is 3.04. The van der Waals surface area contributed by atoms with E-state index in [-0.39, 0.29) is 11.9 Å². The molecule has 25 heavy (non-hydrogen) atoms. The molecule has 1 aromatic carbocycles. The lowest BCUT2D eigenvalue weighted by molar-refractivity contribution is 0.0914. The van der Waals surface area contributed by atoms with Crippen molar-refractivity contribution in [1.82, 2.24) is 10.3 Å². The van der Waals surface area contributed by atoms with Gasteiger partial charge in [-0.25, -0.2) is 4.98 Å². The summed E-state index contributed by atoms with van der Waals surface area (Å²) in [6.45, 7) is 4.29. The van der Waals surface area contributed by atoms with Crippen LogP contribution in [0.1, 0.15) is 47.8 Å². The molecule has 1 fully saturated rings. The zero-order valence-electron chi connectivity index (χ0n) is 14.4. The van der Waals surface area contributed by atoms with Crippen molar-refractivity contribution >= 4 is 49.8 Å². The Balaban J connectivity index is 1.73. The molecule has 4 rings (SSSR count). The van der Waals surface area contributed by atoms with Crippen LogP contribution in [0.15, 0.2) is 24.3 Å². The average molecular weight is 373 g/mol. The number of hydrogen-bond acceptors (Lipinski definition) is 3. The van der Waals surface area contributed by atoms with Crippen molar-refractivity contribution in [3.05, 3.63) is 39.9 Å². The predicted octanol–water partition coefficient (Wildman–Crippen LogP) is 5.72. The number of aromatic nitrogens is 1. The van der Waals surface area contributed by atoms with Gasteiger partial charge in [-0.05, 0) is 43.9 Å². The molecule has 0 spiro atoms. The fraction of sp³-hybridized carbons (Fsp3) is 0.400. The first kappa shape index (κ1) is 16.8. The molecule has 0 radical (unpaired) electrons. The van der Waals surface area contributed by atoms with E-state index in [1.54, 1.807) is 0 Å². The van der Waals surface area contributed by atoms with Crippen LogP contribution in [0, 0.1) is 12.8 Å². The maximum Gasteiger partial charge on any atom is 0.261 e. The Kier molecular flexibility index (Phi) is 4.42. The van der Waals surface area contributed by atoms with Crippen molar-refractivity contribution in [2.24, 2.45) is 5.92 Å². The summed E-state index contributed by atoms with van der Waals surface area (Å²) in [5.74, 6) is 0.553. The molecule has 1 amide bonds. The maximum atomic E-state index is 12.8. The minimum atomic E-state index is 0.0109. The number of halogens is 1. The lowest BCUT2D eigenvalue weighted by Gasteiger charge is -2.29. The van der Waals surface area contributed by atoms with Crippen LogP contribution >= 0.6 is 22.9 Å². The van der Waals surface area contributed by atoms with Gasteiger partial charge in [-0.2, -0.15) is 0 Å². The van der Waals surface area contributed by atoms with Gasteiger partial charge in [0.2, 0.25) is 0 Å². The molecular formula is C20H21ClN2OS. The molecule has 1 saturated carbocycles. The number of hydrogen-bond donors (Lipinski definition) is 1. The fourth-order valence-corrected chi connectivity index (χ4v) is 5.11. The molecule has 0 aliphatic heterocycles. The molecule has 130 valence electrons. The van der Waals surface area contributed by atoms with Crippen LogP contribution in [0.4, 0.5) is 0 Å². The lowest BCUT2D eigenvalue weighted by atomic mass is 9.86. The summed E-state index contributed by atoms with van der Waals surface area (Å²) in [4.78, 5) is 18.0. The van der Waals surface area contributed by atoms with Gasteiger partial charge in [0.05, 0.1) is 10.4 Å². The van der Waals surface area contributed by atoms with E-state index in [1.165, 1.54) is 36.2 Å². The van der Waals surface area contributed by atoms with Gasteiger partial charge in [-0.3, -0.25) is 4.79 Å². The summed E-state index contributed by atoms with van der Waals surface area (Å²) in [6.07, 6.45) is 4.73. The third-order valence-corrected chi connectivity index (χ3v) is 6.68. The number of rotatable bonds is 2. The lowest BCUT2D eigenvalue weighted by Crippen LogP contribution is -2.40. The van der Waals surface area contributed by atoms with E-state index in [4.69, 9.17) is 11.6 Å². The Morgan fingerprint density at radius 1 is 1.24 bits per heavy atom. The van der Waals surface area contributed by atoms with Gasteiger partial charge in [0, 0.05) is 21.5 Å². The van der Waals surface area contributed by atoms with Gasteiger partial charge in [0.1, 0.15) is 5.15 Å². The summed E-state index contributed by atoms with van der Waals surface area (Å²) >= 11 is 7.88. The van der Waals surface area contributed by atoms with E-state index < -0.39 is 0 Å². The third-order valence-electron chi connectivity index (χ3n) is 5.22. The highest BCUT2D eigenvalue weighted by Crippen LogP contribution is 2.36. The van der Waals surface area contributed by atoms with Crippen LogP contribution in [0.2, 0.25) is 5.15 Å². The molecule has 2 heterocycles. The first-order valence-corrected chi connectivity index (χ1v) is 10.0. The van der Waals surface area contributed by atoms with E-state index in [0.717, 1.165) is 27.4 Å². The Morgan fingerprint density at radius 2 is 2.04 bits per heavy atom. The first-order valence-electron chi connectivity index (χ1n) is 8.83. The summed E-state index contributed by atoms with van der Waals surface area (Å²) < 4.78 is 1.04. The second-order valence-electron chi connectivity index (χ2n) is 7.12. The monoisotopic (exact) mass is 372 g/mol. The number of carbonyl (C=O) groups is 1. The van der Waals surface area contributed by atoms with Gasteiger partial charge >= 0.3 is 0 Å². The highest BCUT2D eigenvalue weighted by Gasteiger charge is 2.24. The molecule has 0 bridgehead atoms. The minimum absolute atomic E-state index is 0.0109. The Bertz CT molecular complexity index is 965. The predicted molar refractivity (Wildman–Crippen MR) is 106 cm³/mol.